The molecule has 0 saturated heterocycles. The first kappa shape index (κ1) is 20.7. The highest BCUT2D eigenvalue weighted by atomic mass is 35.5. The van der Waals surface area contributed by atoms with Crippen LogP contribution in [0.15, 0.2) is 24.3 Å². The molecule has 1 amide bonds. The van der Waals surface area contributed by atoms with Crippen molar-refractivity contribution in [3.63, 3.8) is 0 Å². The van der Waals surface area contributed by atoms with Gasteiger partial charge in [0, 0.05) is 0 Å². The summed E-state index contributed by atoms with van der Waals surface area (Å²) in [6, 6.07) is 5.67. The van der Waals surface area contributed by atoms with Crippen LogP contribution in [0, 0.1) is 0 Å². The highest BCUT2D eigenvalue weighted by molar-refractivity contribution is 7.90. The molecule has 1 N–H and O–H groups in total. The normalized spacial score (nSPS) is 11.0. The predicted octanol–water partition coefficient (Wildman–Crippen LogP) is 2.41. The fourth-order valence-corrected chi connectivity index (χ4v) is 3.33. The molecule has 0 aliphatic heterocycles. The molecule has 0 aliphatic rings. The van der Waals surface area contributed by atoms with Crippen LogP contribution in [-0.2, 0) is 10.0 Å². The van der Waals surface area contributed by atoms with Gasteiger partial charge in [-0.2, -0.15) is 9.97 Å². The van der Waals surface area contributed by atoms with Crippen LogP contribution in [0.3, 0.4) is 0 Å². The number of hydrogen-bond donors (Lipinski definition) is 1. The second-order valence-electron chi connectivity index (χ2n) is 5.20. The molecule has 11 heteroatoms. The number of rotatable bonds is 8. The molecule has 27 heavy (non-hydrogen) atoms. The molecule has 2 rings (SSSR count). The van der Waals surface area contributed by atoms with Crippen molar-refractivity contribution >= 4 is 27.5 Å². The van der Waals surface area contributed by atoms with E-state index < -0.39 is 15.9 Å². The van der Waals surface area contributed by atoms with Crippen LogP contribution >= 0.6 is 11.6 Å². The summed E-state index contributed by atoms with van der Waals surface area (Å²) >= 11 is 6.09. The van der Waals surface area contributed by atoms with Crippen LogP contribution in [0.4, 0.5) is 0 Å². The lowest BCUT2D eigenvalue weighted by atomic mass is 10.2. The first-order valence-electron chi connectivity index (χ1n) is 7.78. The van der Waals surface area contributed by atoms with E-state index in [0.717, 1.165) is 0 Å². The van der Waals surface area contributed by atoms with Gasteiger partial charge in [0.25, 0.3) is 5.91 Å². The quantitative estimate of drug-likeness (QED) is 0.698. The summed E-state index contributed by atoms with van der Waals surface area (Å²) in [5.41, 5.74) is -0.163. The lowest BCUT2D eigenvalue weighted by molar-refractivity contribution is 0.0979. The molecular formula is C16H18ClN3O6S. The number of amides is 1. The molecule has 1 aromatic heterocycles. The maximum absolute atomic E-state index is 12.5. The van der Waals surface area contributed by atoms with Crippen LogP contribution < -0.4 is 18.9 Å². The van der Waals surface area contributed by atoms with E-state index in [9.17, 15) is 13.2 Å². The molecule has 0 unspecified atom stereocenters. The number of carbonyl (C=O) groups is 1. The molecule has 0 radical (unpaired) electrons. The van der Waals surface area contributed by atoms with Gasteiger partial charge < -0.3 is 14.2 Å². The van der Waals surface area contributed by atoms with Crippen molar-refractivity contribution in [2.24, 2.45) is 0 Å². The van der Waals surface area contributed by atoms with Crippen LogP contribution in [0.25, 0.3) is 0 Å². The minimum Gasteiger partial charge on any atom is -0.481 e. The van der Waals surface area contributed by atoms with Gasteiger partial charge in [-0.3, -0.25) is 4.79 Å². The molecule has 0 fully saturated rings. The highest BCUT2D eigenvalue weighted by Crippen LogP contribution is 2.30. The molecule has 1 heterocycles. The summed E-state index contributed by atoms with van der Waals surface area (Å²) in [6.07, 6.45) is 0.353. The largest absolute Gasteiger partial charge is 0.481 e. The number of aromatic nitrogens is 2. The Hall–Kier alpha value is -2.59. The van der Waals surface area contributed by atoms with Crippen LogP contribution in [-0.4, -0.2) is 44.3 Å². The van der Waals surface area contributed by atoms with Crippen LogP contribution in [0.1, 0.15) is 23.7 Å². The Morgan fingerprint density at radius 3 is 2.37 bits per heavy atom. The molecule has 2 aromatic rings. The van der Waals surface area contributed by atoms with Gasteiger partial charge in [0.1, 0.15) is 11.3 Å². The standard InChI is InChI=1S/C16H18ClN3O6S/c1-4-8-27(22,23)20-15(21)14-10(17)6-5-7-11(14)26-16-18-12(24-2)9-13(19-16)25-3/h5-7,9H,4,8H2,1-3H3,(H,20,21). The van der Waals surface area contributed by atoms with Gasteiger partial charge in [-0.25, -0.2) is 13.1 Å². The van der Waals surface area contributed by atoms with Gasteiger partial charge in [-0.1, -0.05) is 24.6 Å². The van der Waals surface area contributed by atoms with Gasteiger partial charge >= 0.3 is 6.01 Å². The average Bonchev–Trinajstić information content (AvgIpc) is 2.60. The van der Waals surface area contributed by atoms with Crippen LogP contribution in [0.5, 0.6) is 23.5 Å². The van der Waals surface area contributed by atoms with Crippen molar-refractivity contribution in [2.75, 3.05) is 20.0 Å². The van der Waals surface area contributed by atoms with Crippen molar-refractivity contribution in [3.8, 4) is 23.5 Å². The molecule has 0 bridgehead atoms. The number of nitrogens with zero attached hydrogens (tertiary/aromatic N) is 2. The Bertz CT molecular complexity index is 913. The minimum absolute atomic E-state index is 0.00607. The summed E-state index contributed by atoms with van der Waals surface area (Å²) in [7, 11) is -0.981. The summed E-state index contributed by atoms with van der Waals surface area (Å²) in [4.78, 5) is 20.5. The Labute approximate surface area is 161 Å². The summed E-state index contributed by atoms with van der Waals surface area (Å²) in [5.74, 6) is -0.790. The number of hydrogen-bond acceptors (Lipinski definition) is 8. The molecule has 0 aliphatic carbocycles. The van der Waals surface area contributed by atoms with Gasteiger partial charge in [0.2, 0.25) is 21.8 Å². The molecule has 9 nitrogen and oxygen atoms in total. The van der Waals surface area contributed by atoms with Gasteiger partial charge in [-0.15, -0.1) is 0 Å². The van der Waals surface area contributed by atoms with Crippen LogP contribution in [0.2, 0.25) is 5.02 Å². The smallest absolute Gasteiger partial charge is 0.328 e. The van der Waals surface area contributed by atoms with Gasteiger partial charge in [0.15, 0.2) is 0 Å². The molecule has 1 aromatic carbocycles. The second-order valence-corrected chi connectivity index (χ2v) is 7.45. The Balaban J connectivity index is 2.39. The molecule has 146 valence electrons. The number of sulfonamides is 1. The highest BCUT2D eigenvalue weighted by Gasteiger charge is 2.22. The van der Waals surface area contributed by atoms with Crippen molar-refractivity contribution in [2.45, 2.75) is 13.3 Å². The number of nitrogens with one attached hydrogen (secondary N) is 1. The molecular weight excluding hydrogens is 398 g/mol. The Kier molecular flexibility index (Phi) is 6.81. The minimum atomic E-state index is -3.79. The van der Waals surface area contributed by atoms with E-state index in [0.29, 0.717) is 6.42 Å². The van der Waals surface area contributed by atoms with Crippen molar-refractivity contribution in [3.05, 3.63) is 34.9 Å². The number of ether oxygens (including phenoxy) is 3. The fraction of sp³-hybridized carbons (Fsp3) is 0.312. The maximum atomic E-state index is 12.5. The molecule has 0 saturated carbocycles. The Morgan fingerprint density at radius 2 is 1.81 bits per heavy atom. The average molecular weight is 416 g/mol. The van der Waals surface area contributed by atoms with Gasteiger partial charge in [-0.05, 0) is 18.6 Å². The fourth-order valence-electron chi connectivity index (χ4n) is 2.06. The lowest BCUT2D eigenvalue weighted by Gasteiger charge is -2.13. The number of benzene rings is 1. The van der Waals surface area contributed by atoms with E-state index in [1.165, 1.54) is 38.5 Å². The van der Waals surface area contributed by atoms with Crippen molar-refractivity contribution < 1.29 is 27.4 Å². The maximum Gasteiger partial charge on any atom is 0.328 e. The zero-order chi connectivity index (χ0) is 20.0. The Morgan fingerprint density at radius 1 is 1.19 bits per heavy atom. The molecule has 0 atom stereocenters. The number of methoxy groups -OCH3 is 2. The zero-order valence-electron chi connectivity index (χ0n) is 14.9. The van der Waals surface area contributed by atoms with E-state index in [4.69, 9.17) is 25.8 Å². The summed E-state index contributed by atoms with van der Waals surface area (Å²) in [6.45, 7) is 1.68. The van der Waals surface area contributed by atoms with Crippen molar-refractivity contribution in [1.82, 2.24) is 14.7 Å². The SMILES string of the molecule is CCCS(=O)(=O)NC(=O)c1c(Cl)cccc1Oc1nc(OC)cc(OC)n1. The van der Waals surface area contributed by atoms with E-state index >= 15 is 0 Å². The third kappa shape index (κ3) is 5.44. The monoisotopic (exact) mass is 415 g/mol. The predicted molar refractivity (Wildman–Crippen MR) is 98.2 cm³/mol. The summed E-state index contributed by atoms with van der Waals surface area (Å²) in [5, 5.41) is 0.00607. The third-order valence-electron chi connectivity index (χ3n) is 3.20. The zero-order valence-corrected chi connectivity index (χ0v) is 16.4. The van der Waals surface area contributed by atoms with Crippen molar-refractivity contribution in [1.29, 1.82) is 0 Å². The first-order chi connectivity index (χ1) is 12.8. The van der Waals surface area contributed by atoms with Gasteiger partial charge in [0.05, 0.1) is 31.1 Å². The van der Waals surface area contributed by atoms with E-state index in [2.05, 4.69) is 9.97 Å². The summed E-state index contributed by atoms with van der Waals surface area (Å²) < 4.78 is 41.4. The van der Waals surface area contributed by atoms with E-state index in [1.807, 2.05) is 4.72 Å². The number of halogens is 1. The second kappa shape index (κ2) is 8.87. The molecule has 0 spiro atoms. The van der Waals surface area contributed by atoms with E-state index in [1.54, 1.807) is 6.92 Å². The third-order valence-corrected chi connectivity index (χ3v) is 4.96. The number of carbonyl (C=O) groups excluding carboxylic acids is 1. The first-order valence-corrected chi connectivity index (χ1v) is 9.81. The van der Waals surface area contributed by atoms with E-state index in [-0.39, 0.29) is 39.9 Å². The lowest BCUT2D eigenvalue weighted by Crippen LogP contribution is -2.32. The topological polar surface area (TPSA) is 117 Å².